The molecule has 2 rings (SSSR count). The van der Waals surface area contributed by atoms with Crippen LogP contribution in [0.15, 0.2) is 10.6 Å². The minimum atomic E-state index is 0.474. The van der Waals surface area contributed by atoms with Crippen molar-refractivity contribution in [2.24, 2.45) is 5.84 Å². The molecule has 2 aromatic heterocycles. The highest BCUT2D eigenvalue weighted by atomic mass is 16.4. The van der Waals surface area contributed by atoms with Gasteiger partial charge in [-0.15, -0.1) is 0 Å². The molecule has 7 heteroatoms. The summed E-state index contributed by atoms with van der Waals surface area (Å²) in [5, 5.41) is 3.18. The number of aryl methyl sites for hydroxylation is 2. The van der Waals surface area contributed by atoms with Crippen LogP contribution >= 0.6 is 0 Å². The number of oxazole rings is 1. The van der Waals surface area contributed by atoms with Crippen molar-refractivity contribution in [1.82, 2.24) is 15.0 Å². The molecule has 0 aliphatic carbocycles. The number of rotatable bonds is 5. The molecule has 0 atom stereocenters. The molecule has 0 unspecified atom stereocenters. The van der Waals surface area contributed by atoms with Crippen molar-refractivity contribution in [3.63, 3.8) is 0 Å². The lowest BCUT2D eigenvalue weighted by Gasteiger charge is -2.11. The number of hydrogen-bond donors (Lipinski definition) is 3. The number of nitrogen functional groups attached to an aromatic ring is 1. The summed E-state index contributed by atoms with van der Waals surface area (Å²) in [6, 6.07) is 0. The van der Waals surface area contributed by atoms with E-state index >= 15 is 0 Å². The van der Waals surface area contributed by atoms with Gasteiger partial charge in [-0.1, -0.05) is 6.92 Å². The molecule has 2 aromatic rings. The van der Waals surface area contributed by atoms with Crippen molar-refractivity contribution >= 4 is 11.6 Å². The fraction of sp³-hybridized carbons (Fsp3) is 0.417. The maximum Gasteiger partial charge on any atom is 0.213 e. The first-order valence-electron chi connectivity index (χ1n) is 6.13. The third kappa shape index (κ3) is 3.00. The molecule has 0 aliphatic rings. The van der Waals surface area contributed by atoms with Crippen LogP contribution in [0, 0.1) is 13.8 Å². The quantitative estimate of drug-likeness (QED) is 0.555. The Morgan fingerprint density at radius 3 is 2.63 bits per heavy atom. The summed E-state index contributed by atoms with van der Waals surface area (Å²) < 4.78 is 5.52. The van der Waals surface area contributed by atoms with E-state index in [4.69, 9.17) is 10.3 Å². The van der Waals surface area contributed by atoms with Crippen molar-refractivity contribution in [3.05, 3.63) is 29.2 Å². The first-order chi connectivity index (χ1) is 9.13. The van der Waals surface area contributed by atoms with Gasteiger partial charge in [0.05, 0.1) is 12.7 Å². The van der Waals surface area contributed by atoms with Crippen molar-refractivity contribution < 1.29 is 4.42 Å². The van der Waals surface area contributed by atoms with Gasteiger partial charge >= 0.3 is 0 Å². The molecule has 4 N–H and O–H groups in total. The molecule has 0 aliphatic heterocycles. The van der Waals surface area contributed by atoms with E-state index in [1.165, 1.54) is 0 Å². The largest absolute Gasteiger partial charge is 0.444 e. The molecule has 0 saturated heterocycles. The SMILES string of the molecule is CCc1cnc(CNc2nc(C)nc(NN)c2C)o1. The Morgan fingerprint density at radius 1 is 1.26 bits per heavy atom. The average Bonchev–Trinajstić information content (AvgIpc) is 2.87. The Balaban J connectivity index is 2.12. The van der Waals surface area contributed by atoms with Crippen LogP contribution in [0.25, 0.3) is 0 Å². The van der Waals surface area contributed by atoms with Crippen LogP contribution in [0.3, 0.4) is 0 Å². The Bertz CT molecular complexity index is 565. The molecule has 0 aromatic carbocycles. The molecular formula is C12H18N6O. The van der Waals surface area contributed by atoms with Crippen LogP contribution in [-0.4, -0.2) is 15.0 Å². The zero-order valence-corrected chi connectivity index (χ0v) is 11.3. The lowest BCUT2D eigenvalue weighted by atomic mass is 10.3. The van der Waals surface area contributed by atoms with Gasteiger partial charge in [0, 0.05) is 12.0 Å². The first-order valence-corrected chi connectivity index (χ1v) is 6.13. The maximum atomic E-state index is 5.52. The molecule has 7 nitrogen and oxygen atoms in total. The van der Waals surface area contributed by atoms with Crippen LogP contribution in [0.5, 0.6) is 0 Å². The normalized spacial score (nSPS) is 10.5. The summed E-state index contributed by atoms with van der Waals surface area (Å²) in [7, 11) is 0. The molecule has 0 radical (unpaired) electrons. The third-order valence-corrected chi connectivity index (χ3v) is 2.75. The van der Waals surface area contributed by atoms with Gasteiger partial charge in [-0.25, -0.2) is 20.8 Å². The van der Waals surface area contributed by atoms with Crippen molar-refractivity contribution in [2.75, 3.05) is 10.7 Å². The van der Waals surface area contributed by atoms with Gasteiger partial charge in [-0.05, 0) is 13.8 Å². The number of nitrogens with two attached hydrogens (primary N) is 1. The Kier molecular flexibility index (Phi) is 3.96. The predicted molar refractivity (Wildman–Crippen MR) is 72.5 cm³/mol. The molecule has 0 bridgehead atoms. The Morgan fingerprint density at radius 2 is 2.00 bits per heavy atom. The summed E-state index contributed by atoms with van der Waals surface area (Å²) in [5.74, 6) is 8.89. The fourth-order valence-corrected chi connectivity index (χ4v) is 1.69. The van der Waals surface area contributed by atoms with Gasteiger partial charge < -0.3 is 15.2 Å². The van der Waals surface area contributed by atoms with Gasteiger partial charge in [0.25, 0.3) is 0 Å². The van der Waals surface area contributed by atoms with Crippen LogP contribution in [0.2, 0.25) is 0 Å². The summed E-state index contributed by atoms with van der Waals surface area (Å²) in [5.41, 5.74) is 3.41. The van der Waals surface area contributed by atoms with Crippen LogP contribution < -0.4 is 16.6 Å². The standard InChI is InChI=1S/C12H18N6O/c1-4-9-5-14-10(19-9)6-15-11-7(2)12(18-13)17-8(3)16-11/h5H,4,6,13H2,1-3H3,(H2,15,16,17,18). The summed E-state index contributed by atoms with van der Waals surface area (Å²) in [4.78, 5) is 12.7. The highest BCUT2D eigenvalue weighted by molar-refractivity contribution is 5.56. The van der Waals surface area contributed by atoms with Crippen molar-refractivity contribution in [1.29, 1.82) is 0 Å². The monoisotopic (exact) mass is 262 g/mol. The molecule has 2 heterocycles. The second kappa shape index (κ2) is 5.66. The van der Waals surface area contributed by atoms with Crippen molar-refractivity contribution in [3.8, 4) is 0 Å². The lowest BCUT2D eigenvalue weighted by Crippen LogP contribution is -2.14. The highest BCUT2D eigenvalue weighted by Gasteiger charge is 2.09. The van der Waals surface area contributed by atoms with Gasteiger partial charge in [-0.2, -0.15) is 0 Å². The number of nitrogens with one attached hydrogen (secondary N) is 2. The Hall–Kier alpha value is -2.15. The first kappa shape index (κ1) is 13.3. The zero-order valence-electron chi connectivity index (χ0n) is 11.3. The molecule has 19 heavy (non-hydrogen) atoms. The number of anilines is 2. The summed E-state index contributed by atoms with van der Waals surface area (Å²) in [6.45, 7) is 6.20. The number of nitrogens with zero attached hydrogens (tertiary/aromatic N) is 3. The van der Waals surface area contributed by atoms with Gasteiger partial charge in [-0.3, -0.25) is 0 Å². The Labute approximate surface area is 111 Å². The minimum Gasteiger partial charge on any atom is -0.444 e. The fourth-order valence-electron chi connectivity index (χ4n) is 1.69. The molecule has 0 amide bonds. The topological polar surface area (TPSA) is 102 Å². The molecule has 0 spiro atoms. The molecule has 102 valence electrons. The highest BCUT2D eigenvalue weighted by Crippen LogP contribution is 2.19. The summed E-state index contributed by atoms with van der Waals surface area (Å²) in [6.07, 6.45) is 2.57. The lowest BCUT2D eigenvalue weighted by molar-refractivity contribution is 0.465. The number of hydrazine groups is 1. The smallest absolute Gasteiger partial charge is 0.213 e. The third-order valence-electron chi connectivity index (χ3n) is 2.75. The van der Waals surface area contributed by atoms with E-state index < -0.39 is 0 Å². The van der Waals surface area contributed by atoms with E-state index in [1.807, 2.05) is 20.8 Å². The van der Waals surface area contributed by atoms with Crippen LogP contribution in [0.4, 0.5) is 11.6 Å². The average molecular weight is 262 g/mol. The second-order valence-corrected chi connectivity index (χ2v) is 4.16. The van der Waals surface area contributed by atoms with Crippen LogP contribution in [-0.2, 0) is 13.0 Å². The molecule has 0 fully saturated rings. The van der Waals surface area contributed by atoms with E-state index in [9.17, 15) is 0 Å². The minimum absolute atomic E-state index is 0.474. The number of aromatic nitrogens is 3. The molecule has 0 saturated carbocycles. The van der Waals surface area contributed by atoms with E-state index in [-0.39, 0.29) is 0 Å². The van der Waals surface area contributed by atoms with E-state index in [2.05, 4.69) is 25.7 Å². The van der Waals surface area contributed by atoms with Gasteiger partial charge in [0.2, 0.25) is 5.89 Å². The predicted octanol–water partition coefficient (Wildman–Crippen LogP) is 1.54. The van der Waals surface area contributed by atoms with Crippen LogP contribution in [0.1, 0.15) is 30.0 Å². The molecular weight excluding hydrogens is 244 g/mol. The zero-order chi connectivity index (χ0) is 13.8. The van der Waals surface area contributed by atoms with E-state index in [0.29, 0.717) is 24.1 Å². The number of hydrogen-bond acceptors (Lipinski definition) is 7. The van der Waals surface area contributed by atoms with Gasteiger partial charge in [0.1, 0.15) is 23.2 Å². The van der Waals surface area contributed by atoms with E-state index in [0.717, 1.165) is 23.6 Å². The second-order valence-electron chi connectivity index (χ2n) is 4.16. The van der Waals surface area contributed by atoms with Gasteiger partial charge in [0.15, 0.2) is 0 Å². The van der Waals surface area contributed by atoms with Crippen molar-refractivity contribution in [2.45, 2.75) is 33.7 Å². The summed E-state index contributed by atoms with van der Waals surface area (Å²) >= 11 is 0. The van der Waals surface area contributed by atoms with E-state index in [1.54, 1.807) is 6.20 Å². The maximum absolute atomic E-state index is 5.52.